The summed E-state index contributed by atoms with van der Waals surface area (Å²) in [6, 6.07) is 16.6. The smallest absolute Gasteiger partial charge is 0.193 e. The Kier molecular flexibility index (Phi) is 2.79. The largest absolute Gasteiger partial charge is 0.448 e. The molecule has 5 heteroatoms. The van der Waals surface area contributed by atoms with E-state index in [9.17, 15) is 4.79 Å². The number of benzene rings is 2. The highest BCUT2D eigenvalue weighted by Gasteiger charge is 2.08. The summed E-state index contributed by atoms with van der Waals surface area (Å²) in [7, 11) is 0. The second-order valence-corrected chi connectivity index (χ2v) is 5.55. The summed E-state index contributed by atoms with van der Waals surface area (Å²) < 4.78 is 7.67. The molecule has 2 aromatic carbocycles. The van der Waals surface area contributed by atoms with E-state index >= 15 is 0 Å². The summed E-state index contributed by atoms with van der Waals surface area (Å²) in [5.41, 5.74) is 2.45. The van der Waals surface area contributed by atoms with Crippen molar-refractivity contribution in [2.24, 2.45) is 0 Å². The number of para-hydroxylation sites is 3. The molecule has 0 atom stereocenters. The van der Waals surface area contributed by atoms with E-state index in [1.54, 1.807) is 18.5 Å². The van der Waals surface area contributed by atoms with Crippen LogP contribution in [0.5, 0.6) is 0 Å². The zero-order valence-corrected chi connectivity index (χ0v) is 11.7. The normalized spacial score (nSPS) is 11.2. The molecule has 0 fully saturated rings. The van der Waals surface area contributed by atoms with E-state index in [1.807, 2.05) is 40.4 Å². The van der Waals surface area contributed by atoms with Gasteiger partial charge in [0.05, 0.1) is 16.4 Å². The monoisotopic (exact) mass is 294 g/mol. The molecule has 0 saturated heterocycles. The van der Waals surface area contributed by atoms with E-state index < -0.39 is 0 Å². The van der Waals surface area contributed by atoms with Crippen LogP contribution in [0.4, 0.5) is 0 Å². The lowest BCUT2D eigenvalue weighted by Gasteiger charge is -2.03. The Morgan fingerprint density at radius 2 is 1.86 bits per heavy atom. The van der Waals surface area contributed by atoms with Crippen LogP contribution in [-0.4, -0.2) is 8.96 Å². The lowest BCUT2D eigenvalue weighted by Crippen LogP contribution is -2.00. The van der Waals surface area contributed by atoms with Gasteiger partial charge in [0.25, 0.3) is 0 Å². The fraction of sp³-hybridized carbons (Fsp3) is 0. The summed E-state index contributed by atoms with van der Waals surface area (Å²) >= 11 is 1.34. The molecule has 2 heterocycles. The number of imidazole rings is 1. The van der Waals surface area contributed by atoms with E-state index in [2.05, 4.69) is 4.98 Å². The van der Waals surface area contributed by atoms with Crippen molar-refractivity contribution >= 4 is 34.0 Å². The minimum absolute atomic E-state index is 0.0382. The summed E-state index contributed by atoms with van der Waals surface area (Å²) in [5, 5.41) is 1.14. The molecule has 4 nitrogen and oxygen atoms in total. The van der Waals surface area contributed by atoms with E-state index in [-0.39, 0.29) is 5.43 Å². The van der Waals surface area contributed by atoms with E-state index in [1.165, 1.54) is 18.0 Å². The molecule has 0 N–H and O–H groups in total. The molecule has 0 amide bonds. The first-order valence-electron chi connectivity index (χ1n) is 6.44. The Labute approximate surface area is 124 Å². The zero-order valence-electron chi connectivity index (χ0n) is 10.9. The first-order valence-corrected chi connectivity index (χ1v) is 7.22. The van der Waals surface area contributed by atoms with E-state index in [0.29, 0.717) is 16.1 Å². The molecule has 0 unspecified atom stereocenters. The van der Waals surface area contributed by atoms with Gasteiger partial charge in [-0.05, 0) is 24.3 Å². The van der Waals surface area contributed by atoms with Crippen LogP contribution in [0, 0.1) is 0 Å². The van der Waals surface area contributed by atoms with Crippen LogP contribution >= 0.6 is 11.9 Å². The van der Waals surface area contributed by atoms with Gasteiger partial charge in [0.2, 0.25) is 0 Å². The van der Waals surface area contributed by atoms with Crippen molar-refractivity contribution in [1.82, 2.24) is 8.96 Å². The third-order valence-electron chi connectivity index (χ3n) is 3.22. The molecule has 102 valence electrons. The highest BCUT2D eigenvalue weighted by Crippen LogP contribution is 2.26. The van der Waals surface area contributed by atoms with E-state index in [0.717, 1.165) is 11.0 Å². The number of hydrogen-bond donors (Lipinski definition) is 0. The zero-order chi connectivity index (χ0) is 14.2. The van der Waals surface area contributed by atoms with Gasteiger partial charge in [-0.25, -0.2) is 4.98 Å². The highest BCUT2D eigenvalue weighted by molar-refractivity contribution is 7.97. The molecule has 0 radical (unpaired) electrons. The van der Waals surface area contributed by atoms with Crippen LogP contribution in [0.2, 0.25) is 0 Å². The SMILES string of the molecule is O=c1cc(Sn2cnc3ccccc32)oc2ccccc12. The molecule has 4 rings (SSSR count). The van der Waals surface area contributed by atoms with Gasteiger partial charge in [-0.2, -0.15) is 0 Å². The topological polar surface area (TPSA) is 48.0 Å². The van der Waals surface area contributed by atoms with Gasteiger partial charge in [-0.15, -0.1) is 0 Å². The Morgan fingerprint density at radius 3 is 2.81 bits per heavy atom. The average Bonchev–Trinajstić information content (AvgIpc) is 2.91. The van der Waals surface area contributed by atoms with Gasteiger partial charge in [0.1, 0.15) is 11.9 Å². The van der Waals surface area contributed by atoms with Gasteiger partial charge < -0.3 is 4.42 Å². The minimum Gasteiger partial charge on any atom is -0.448 e. The van der Waals surface area contributed by atoms with Gasteiger partial charge in [0.15, 0.2) is 10.5 Å². The quantitative estimate of drug-likeness (QED) is 0.565. The predicted molar refractivity (Wildman–Crippen MR) is 83.5 cm³/mol. The Balaban J connectivity index is 1.82. The molecule has 2 aromatic heterocycles. The van der Waals surface area contributed by atoms with Crippen LogP contribution in [0.1, 0.15) is 0 Å². The molecule has 0 saturated carbocycles. The van der Waals surface area contributed by atoms with Crippen LogP contribution in [-0.2, 0) is 0 Å². The second-order valence-electron chi connectivity index (χ2n) is 4.58. The van der Waals surface area contributed by atoms with Crippen LogP contribution in [0.3, 0.4) is 0 Å². The average molecular weight is 294 g/mol. The number of nitrogens with zero attached hydrogens (tertiary/aromatic N) is 2. The molecule has 0 bridgehead atoms. The van der Waals surface area contributed by atoms with Gasteiger partial charge >= 0.3 is 0 Å². The molecular formula is C16H10N2O2S. The van der Waals surface area contributed by atoms with Crippen LogP contribution < -0.4 is 5.43 Å². The summed E-state index contributed by atoms with van der Waals surface area (Å²) in [4.78, 5) is 16.4. The standard InChI is InChI=1S/C16H10N2O2S/c19-14-9-16(20-15-8-4-1-5-11(14)15)21-18-10-17-12-6-2-3-7-13(12)18/h1-10H. The summed E-state index contributed by atoms with van der Waals surface area (Å²) in [6.07, 6.45) is 1.73. The van der Waals surface area contributed by atoms with Crippen molar-refractivity contribution < 1.29 is 4.42 Å². The molecular weight excluding hydrogens is 284 g/mol. The molecule has 0 aliphatic carbocycles. The third kappa shape index (κ3) is 2.11. The maximum atomic E-state index is 12.1. The van der Waals surface area contributed by atoms with Crippen molar-refractivity contribution in [3.63, 3.8) is 0 Å². The fourth-order valence-corrected chi connectivity index (χ4v) is 3.06. The first kappa shape index (κ1) is 12.2. The Morgan fingerprint density at radius 1 is 1.05 bits per heavy atom. The predicted octanol–water partition coefficient (Wildman–Crippen LogP) is 3.70. The third-order valence-corrected chi connectivity index (χ3v) is 4.09. The van der Waals surface area contributed by atoms with Crippen molar-refractivity contribution in [1.29, 1.82) is 0 Å². The van der Waals surface area contributed by atoms with Gasteiger partial charge in [-0.1, -0.05) is 24.3 Å². The van der Waals surface area contributed by atoms with Crippen molar-refractivity contribution in [2.45, 2.75) is 5.09 Å². The number of rotatable bonds is 2. The second kappa shape index (κ2) is 4.79. The van der Waals surface area contributed by atoms with E-state index in [4.69, 9.17) is 4.42 Å². The van der Waals surface area contributed by atoms with Crippen molar-refractivity contribution in [2.75, 3.05) is 0 Å². The minimum atomic E-state index is -0.0382. The summed E-state index contributed by atoms with van der Waals surface area (Å²) in [6.45, 7) is 0. The maximum absolute atomic E-state index is 12.1. The van der Waals surface area contributed by atoms with Crippen LogP contribution in [0.25, 0.3) is 22.0 Å². The lowest BCUT2D eigenvalue weighted by molar-refractivity contribution is 0.499. The molecule has 0 spiro atoms. The fourth-order valence-electron chi connectivity index (χ4n) is 2.23. The Bertz CT molecular complexity index is 1000. The lowest BCUT2D eigenvalue weighted by atomic mass is 10.2. The molecule has 0 aliphatic rings. The number of aromatic nitrogens is 2. The van der Waals surface area contributed by atoms with Gasteiger partial charge in [0, 0.05) is 18.0 Å². The summed E-state index contributed by atoms with van der Waals surface area (Å²) in [5.74, 6) is 0. The van der Waals surface area contributed by atoms with Crippen molar-refractivity contribution in [3.8, 4) is 0 Å². The maximum Gasteiger partial charge on any atom is 0.193 e. The molecule has 4 aromatic rings. The molecule has 0 aliphatic heterocycles. The Hall–Kier alpha value is -2.53. The first-order chi connectivity index (χ1) is 10.3. The van der Waals surface area contributed by atoms with Crippen LogP contribution in [0.15, 0.2) is 75.2 Å². The van der Waals surface area contributed by atoms with Gasteiger partial charge in [-0.3, -0.25) is 8.77 Å². The number of hydrogen-bond acceptors (Lipinski definition) is 4. The number of fused-ring (bicyclic) bond motifs is 2. The van der Waals surface area contributed by atoms with Crippen molar-refractivity contribution in [3.05, 3.63) is 71.1 Å². The molecule has 21 heavy (non-hydrogen) atoms. The highest BCUT2D eigenvalue weighted by atomic mass is 32.2.